The molecule has 0 spiro atoms. The number of carbonyl (C=O) groups excluding carboxylic acids is 1. The number of likely N-dealkylation sites (tertiary alicyclic amines) is 1. The van der Waals surface area contributed by atoms with Gasteiger partial charge in [-0.05, 0) is 30.7 Å². The first-order valence-corrected chi connectivity index (χ1v) is 7.73. The predicted octanol–water partition coefficient (Wildman–Crippen LogP) is 2.23. The van der Waals surface area contributed by atoms with Crippen LogP contribution in [0.3, 0.4) is 0 Å². The number of benzene rings is 2. The highest BCUT2D eigenvalue weighted by Gasteiger charge is 2.25. The maximum absolute atomic E-state index is 12.6. The largest absolute Gasteiger partial charge is 0.391 e. The molecule has 1 aliphatic rings. The number of aromatic nitrogens is 2. The quantitative estimate of drug-likeness (QED) is 0.790. The SMILES string of the molecule is O=C(c1cccc(-n2ncc3ccccc32)c1)N1CC[C@@H](O)C1. The van der Waals surface area contributed by atoms with Crippen molar-refractivity contribution >= 4 is 16.8 Å². The zero-order valence-corrected chi connectivity index (χ0v) is 12.6. The summed E-state index contributed by atoms with van der Waals surface area (Å²) in [4.78, 5) is 14.3. The highest BCUT2D eigenvalue weighted by Crippen LogP contribution is 2.20. The van der Waals surface area contributed by atoms with Crippen molar-refractivity contribution in [3.05, 3.63) is 60.3 Å². The number of β-amino-alcohol motifs (C(OH)–C–C–N with tert-alkyl or cyclic N) is 1. The lowest BCUT2D eigenvalue weighted by Gasteiger charge is -2.16. The second-order valence-electron chi connectivity index (χ2n) is 5.86. The molecule has 2 aromatic carbocycles. The molecule has 5 nitrogen and oxygen atoms in total. The molecule has 0 unspecified atom stereocenters. The van der Waals surface area contributed by atoms with Crippen molar-refractivity contribution in [2.45, 2.75) is 12.5 Å². The zero-order valence-electron chi connectivity index (χ0n) is 12.6. The van der Waals surface area contributed by atoms with Crippen molar-refractivity contribution in [1.29, 1.82) is 0 Å². The predicted molar refractivity (Wildman–Crippen MR) is 87.6 cm³/mol. The number of fused-ring (bicyclic) bond motifs is 1. The summed E-state index contributed by atoms with van der Waals surface area (Å²) >= 11 is 0. The van der Waals surface area contributed by atoms with Gasteiger partial charge in [0, 0.05) is 24.0 Å². The molecule has 3 aromatic rings. The van der Waals surface area contributed by atoms with Crippen LogP contribution >= 0.6 is 0 Å². The van der Waals surface area contributed by atoms with Crippen LogP contribution in [0, 0.1) is 0 Å². The van der Waals surface area contributed by atoms with Gasteiger partial charge in [-0.15, -0.1) is 0 Å². The third-order valence-electron chi connectivity index (χ3n) is 4.27. The van der Waals surface area contributed by atoms with E-state index in [0.29, 0.717) is 25.1 Å². The maximum atomic E-state index is 12.6. The standard InChI is InChI=1S/C18H17N3O2/c22-16-8-9-20(12-16)18(23)13-5-3-6-15(10-13)21-17-7-2-1-4-14(17)11-19-21/h1-7,10-11,16,22H,8-9,12H2/t16-/m1/s1. The van der Waals surface area contributed by atoms with Gasteiger partial charge in [0.2, 0.25) is 0 Å². The Morgan fingerprint density at radius 3 is 2.87 bits per heavy atom. The summed E-state index contributed by atoms with van der Waals surface area (Å²) in [7, 11) is 0. The van der Waals surface area contributed by atoms with E-state index < -0.39 is 6.10 Å². The lowest BCUT2D eigenvalue weighted by atomic mass is 10.1. The molecule has 1 atom stereocenters. The highest BCUT2D eigenvalue weighted by molar-refractivity contribution is 5.95. The van der Waals surface area contributed by atoms with Crippen molar-refractivity contribution in [2.24, 2.45) is 0 Å². The maximum Gasteiger partial charge on any atom is 0.254 e. The number of para-hydroxylation sites is 1. The van der Waals surface area contributed by atoms with Gasteiger partial charge < -0.3 is 10.0 Å². The molecule has 1 N–H and O–H groups in total. The van der Waals surface area contributed by atoms with Crippen LogP contribution in [0.25, 0.3) is 16.6 Å². The third-order valence-corrected chi connectivity index (χ3v) is 4.27. The fourth-order valence-corrected chi connectivity index (χ4v) is 3.06. The Hall–Kier alpha value is -2.66. The van der Waals surface area contributed by atoms with Crippen molar-refractivity contribution in [1.82, 2.24) is 14.7 Å². The Labute approximate surface area is 133 Å². The molecular weight excluding hydrogens is 290 g/mol. The molecule has 0 radical (unpaired) electrons. The summed E-state index contributed by atoms with van der Waals surface area (Å²) in [6.07, 6.45) is 2.06. The van der Waals surface area contributed by atoms with E-state index in [4.69, 9.17) is 0 Å². The smallest absolute Gasteiger partial charge is 0.254 e. The zero-order chi connectivity index (χ0) is 15.8. The van der Waals surface area contributed by atoms with E-state index in [1.54, 1.807) is 4.90 Å². The van der Waals surface area contributed by atoms with Crippen LogP contribution in [-0.2, 0) is 0 Å². The Kier molecular flexibility index (Phi) is 3.35. The molecular formula is C18H17N3O2. The molecule has 4 rings (SSSR count). The molecule has 0 saturated carbocycles. The van der Waals surface area contributed by atoms with Gasteiger partial charge in [0.1, 0.15) is 0 Å². The van der Waals surface area contributed by atoms with E-state index >= 15 is 0 Å². The molecule has 0 aliphatic carbocycles. The van der Waals surface area contributed by atoms with E-state index in [1.807, 2.05) is 59.4 Å². The molecule has 2 heterocycles. The number of hydrogen-bond donors (Lipinski definition) is 1. The van der Waals surface area contributed by atoms with E-state index in [2.05, 4.69) is 5.10 Å². The Balaban J connectivity index is 1.70. The molecule has 1 amide bonds. The van der Waals surface area contributed by atoms with Crippen LogP contribution in [0.2, 0.25) is 0 Å². The van der Waals surface area contributed by atoms with Gasteiger partial charge in [0.15, 0.2) is 0 Å². The topological polar surface area (TPSA) is 58.4 Å². The average molecular weight is 307 g/mol. The summed E-state index contributed by atoms with van der Waals surface area (Å²) in [6, 6.07) is 15.4. The molecule has 1 fully saturated rings. The summed E-state index contributed by atoms with van der Waals surface area (Å²) < 4.78 is 1.84. The summed E-state index contributed by atoms with van der Waals surface area (Å²) in [5.74, 6) is -0.0418. The van der Waals surface area contributed by atoms with Gasteiger partial charge in [0.25, 0.3) is 5.91 Å². The lowest BCUT2D eigenvalue weighted by molar-refractivity contribution is 0.0765. The number of aliphatic hydroxyl groups excluding tert-OH is 1. The Morgan fingerprint density at radius 2 is 2.04 bits per heavy atom. The summed E-state index contributed by atoms with van der Waals surface area (Å²) in [5.41, 5.74) is 2.49. The minimum absolute atomic E-state index is 0.0418. The van der Waals surface area contributed by atoms with E-state index in [9.17, 15) is 9.90 Å². The van der Waals surface area contributed by atoms with Crippen LogP contribution in [0.5, 0.6) is 0 Å². The average Bonchev–Trinajstić information content (AvgIpc) is 3.20. The Morgan fingerprint density at radius 1 is 1.17 bits per heavy atom. The monoisotopic (exact) mass is 307 g/mol. The van der Waals surface area contributed by atoms with Crippen LogP contribution in [-0.4, -0.2) is 44.9 Å². The minimum Gasteiger partial charge on any atom is -0.391 e. The molecule has 23 heavy (non-hydrogen) atoms. The van der Waals surface area contributed by atoms with Crippen molar-refractivity contribution in [2.75, 3.05) is 13.1 Å². The van der Waals surface area contributed by atoms with Gasteiger partial charge in [-0.2, -0.15) is 5.10 Å². The number of amides is 1. The number of nitrogens with zero attached hydrogens (tertiary/aromatic N) is 3. The van der Waals surface area contributed by atoms with Crippen molar-refractivity contribution in [3.8, 4) is 5.69 Å². The summed E-state index contributed by atoms with van der Waals surface area (Å²) in [6.45, 7) is 1.02. The molecule has 1 aromatic heterocycles. The van der Waals surface area contributed by atoms with Crippen LogP contribution in [0.15, 0.2) is 54.7 Å². The fourth-order valence-electron chi connectivity index (χ4n) is 3.06. The van der Waals surface area contributed by atoms with Gasteiger partial charge in [0.05, 0.1) is 23.5 Å². The second-order valence-corrected chi connectivity index (χ2v) is 5.86. The summed E-state index contributed by atoms with van der Waals surface area (Å²) in [5, 5.41) is 15.1. The molecule has 0 bridgehead atoms. The van der Waals surface area contributed by atoms with Gasteiger partial charge in [-0.1, -0.05) is 24.3 Å². The number of rotatable bonds is 2. The van der Waals surface area contributed by atoms with E-state index in [1.165, 1.54) is 0 Å². The Bertz CT molecular complexity index is 871. The molecule has 116 valence electrons. The van der Waals surface area contributed by atoms with Gasteiger partial charge in [-0.25, -0.2) is 4.68 Å². The van der Waals surface area contributed by atoms with E-state index in [-0.39, 0.29) is 5.91 Å². The lowest BCUT2D eigenvalue weighted by Crippen LogP contribution is -2.29. The van der Waals surface area contributed by atoms with Crippen molar-refractivity contribution < 1.29 is 9.90 Å². The minimum atomic E-state index is -0.405. The number of hydrogen-bond acceptors (Lipinski definition) is 3. The number of carbonyl (C=O) groups is 1. The van der Waals surface area contributed by atoms with Crippen LogP contribution in [0.4, 0.5) is 0 Å². The first-order chi connectivity index (χ1) is 11.2. The van der Waals surface area contributed by atoms with E-state index in [0.717, 1.165) is 16.6 Å². The number of aliphatic hydroxyl groups is 1. The molecule has 5 heteroatoms. The normalized spacial score (nSPS) is 17.8. The van der Waals surface area contributed by atoms with Crippen LogP contribution in [0.1, 0.15) is 16.8 Å². The van der Waals surface area contributed by atoms with Crippen LogP contribution < -0.4 is 0 Å². The molecule has 1 saturated heterocycles. The first-order valence-electron chi connectivity index (χ1n) is 7.73. The van der Waals surface area contributed by atoms with Crippen molar-refractivity contribution in [3.63, 3.8) is 0 Å². The second kappa shape index (κ2) is 5.52. The van der Waals surface area contributed by atoms with Gasteiger partial charge in [-0.3, -0.25) is 4.79 Å². The molecule has 1 aliphatic heterocycles. The fraction of sp³-hybridized carbons (Fsp3) is 0.222. The third kappa shape index (κ3) is 2.49. The first kappa shape index (κ1) is 14.0. The van der Waals surface area contributed by atoms with Gasteiger partial charge >= 0.3 is 0 Å². The highest BCUT2D eigenvalue weighted by atomic mass is 16.3.